The summed E-state index contributed by atoms with van der Waals surface area (Å²) in [6, 6.07) is 10.3. The standard InChI is InChI=1S/C14H19NO2/c16-11-14(17)13-7-4-8-15(10-13)9-12-5-2-1-3-6-12/h1-3,5-6,13,16H,4,7-11H2. The molecule has 2 rings (SSSR count). The molecule has 0 amide bonds. The summed E-state index contributed by atoms with van der Waals surface area (Å²) >= 11 is 0. The number of hydrogen-bond acceptors (Lipinski definition) is 3. The molecule has 0 spiro atoms. The third-order valence-corrected chi connectivity index (χ3v) is 3.37. The second kappa shape index (κ2) is 5.94. The number of rotatable bonds is 4. The van der Waals surface area contributed by atoms with E-state index in [9.17, 15) is 4.79 Å². The third kappa shape index (κ3) is 3.38. The Labute approximate surface area is 102 Å². The molecule has 3 nitrogen and oxygen atoms in total. The van der Waals surface area contributed by atoms with E-state index in [0.29, 0.717) is 0 Å². The van der Waals surface area contributed by atoms with Crippen LogP contribution in [0, 0.1) is 5.92 Å². The SMILES string of the molecule is O=C(CO)C1CCCN(Cc2ccccc2)C1. The van der Waals surface area contributed by atoms with Gasteiger partial charge in [-0.25, -0.2) is 0 Å². The Morgan fingerprint density at radius 3 is 2.82 bits per heavy atom. The van der Waals surface area contributed by atoms with Crippen LogP contribution in [0.1, 0.15) is 18.4 Å². The Kier molecular flexibility index (Phi) is 4.29. The summed E-state index contributed by atoms with van der Waals surface area (Å²) in [5.74, 6) is 0.0141. The average molecular weight is 233 g/mol. The largest absolute Gasteiger partial charge is 0.389 e. The second-order valence-corrected chi connectivity index (χ2v) is 4.68. The normalized spacial score (nSPS) is 21.4. The number of aliphatic hydroxyl groups excluding tert-OH is 1. The van der Waals surface area contributed by atoms with Crippen molar-refractivity contribution in [2.24, 2.45) is 5.92 Å². The van der Waals surface area contributed by atoms with Crippen LogP contribution in [0.4, 0.5) is 0 Å². The molecule has 1 fully saturated rings. The number of hydrogen-bond donors (Lipinski definition) is 1. The molecule has 1 unspecified atom stereocenters. The first-order chi connectivity index (χ1) is 8.29. The molecule has 1 aromatic rings. The van der Waals surface area contributed by atoms with Gasteiger partial charge < -0.3 is 5.11 Å². The van der Waals surface area contributed by atoms with Crippen LogP contribution < -0.4 is 0 Å². The van der Waals surface area contributed by atoms with Crippen LogP contribution >= 0.6 is 0 Å². The van der Waals surface area contributed by atoms with Gasteiger partial charge in [0.1, 0.15) is 6.61 Å². The molecule has 3 heteroatoms. The lowest BCUT2D eigenvalue weighted by Gasteiger charge is -2.31. The van der Waals surface area contributed by atoms with E-state index in [1.807, 2.05) is 18.2 Å². The zero-order chi connectivity index (χ0) is 12.1. The van der Waals surface area contributed by atoms with Crippen molar-refractivity contribution in [3.63, 3.8) is 0 Å². The van der Waals surface area contributed by atoms with Crippen LogP contribution in [0.5, 0.6) is 0 Å². The van der Waals surface area contributed by atoms with Gasteiger partial charge in [-0.05, 0) is 24.9 Å². The number of benzene rings is 1. The highest BCUT2D eigenvalue weighted by molar-refractivity contribution is 5.82. The maximum atomic E-state index is 11.5. The van der Waals surface area contributed by atoms with Gasteiger partial charge >= 0.3 is 0 Å². The number of ketones is 1. The highest BCUT2D eigenvalue weighted by atomic mass is 16.3. The topological polar surface area (TPSA) is 40.5 Å². The minimum atomic E-state index is -0.316. The van der Waals surface area contributed by atoms with Crippen LogP contribution in [0.3, 0.4) is 0 Å². The predicted molar refractivity (Wildman–Crippen MR) is 66.5 cm³/mol. The molecule has 0 saturated carbocycles. The second-order valence-electron chi connectivity index (χ2n) is 4.68. The van der Waals surface area contributed by atoms with Gasteiger partial charge in [0.05, 0.1) is 0 Å². The lowest BCUT2D eigenvalue weighted by molar-refractivity contribution is -0.127. The maximum absolute atomic E-state index is 11.5. The molecule has 1 aliphatic rings. The minimum Gasteiger partial charge on any atom is -0.389 e. The summed E-state index contributed by atoms with van der Waals surface area (Å²) in [6.45, 7) is 2.41. The molecular formula is C14H19NO2. The Morgan fingerprint density at radius 2 is 2.12 bits per heavy atom. The third-order valence-electron chi connectivity index (χ3n) is 3.37. The molecule has 0 aromatic heterocycles. The van der Waals surface area contributed by atoms with Crippen molar-refractivity contribution >= 4 is 5.78 Å². The summed E-state index contributed by atoms with van der Waals surface area (Å²) in [5, 5.41) is 8.89. The van der Waals surface area contributed by atoms with Gasteiger partial charge in [-0.3, -0.25) is 9.69 Å². The number of Topliss-reactive ketones (excluding diaryl/α,β-unsaturated/α-hetero) is 1. The van der Waals surface area contributed by atoms with Crippen LogP contribution in [0.25, 0.3) is 0 Å². The van der Waals surface area contributed by atoms with E-state index in [2.05, 4.69) is 17.0 Å². The molecule has 1 aliphatic heterocycles. The first-order valence-electron chi connectivity index (χ1n) is 6.19. The van der Waals surface area contributed by atoms with E-state index >= 15 is 0 Å². The van der Waals surface area contributed by atoms with E-state index in [0.717, 1.165) is 32.5 Å². The van der Waals surface area contributed by atoms with Crippen LogP contribution in [0.2, 0.25) is 0 Å². The van der Waals surface area contributed by atoms with Crippen molar-refractivity contribution in [2.45, 2.75) is 19.4 Å². The van der Waals surface area contributed by atoms with E-state index < -0.39 is 0 Å². The monoisotopic (exact) mass is 233 g/mol. The number of carbonyl (C=O) groups excluding carboxylic acids is 1. The molecular weight excluding hydrogens is 214 g/mol. The van der Waals surface area contributed by atoms with Gasteiger partial charge in [0.2, 0.25) is 0 Å². The highest BCUT2D eigenvalue weighted by Gasteiger charge is 2.24. The molecule has 92 valence electrons. The Balaban J connectivity index is 1.92. The van der Waals surface area contributed by atoms with E-state index in [1.165, 1.54) is 5.56 Å². The summed E-state index contributed by atoms with van der Waals surface area (Å²) in [7, 11) is 0. The van der Waals surface area contributed by atoms with Gasteiger partial charge in [-0.15, -0.1) is 0 Å². The van der Waals surface area contributed by atoms with Crippen molar-refractivity contribution < 1.29 is 9.90 Å². The Hall–Kier alpha value is -1.19. The first kappa shape index (κ1) is 12.3. The quantitative estimate of drug-likeness (QED) is 0.856. The van der Waals surface area contributed by atoms with Gasteiger partial charge in [0.25, 0.3) is 0 Å². The zero-order valence-electron chi connectivity index (χ0n) is 10.0. The van der Waals surface area contributed by atoms with Crippen LogP contribution in [0.15, 0.2) is 30.3 Å². The minimum absolute atomic E-state index is 0.0113. The lowest BCUT2D eigenvalue weighted by atomic mass is 9.94. The highest BCUT2D eigenvalue weighted by Crippen LogP contribution is 2.19. The van der Waals surface area contributed by atoms with Gasteiger partial charge in [0, 0.05) is 19.0 Å². The van der Waals surface area contributed by atoms with Gasteiger partial charge in [0.15, 0.2) is 5.78 Å². The smallest absolute Gasteiger partial charge is 0.162 e. The van der Waals surface area contributed by atoms with Crippen molar-refractivity contribution in [3.8, 4) is 0 Å². The van der Waals surface area contributed by atoms with Crippen molar-refractivity contribution in [1.82, 2.24) is 4.90 Å². The fraction of sp³-hybridized carbons (Fsp3) is 0.500. The zero-order valence-corrected chi connectivity index (χ0v) is 10.0. The van der Waals surface area contributed by atoms with E-state index in [1.54, 1.807) is 0 Å². The number of nitrogens with zero attached hydrogens (tertiary/aromatic N) is 1. The summed E-state index contributed by atoms with van der Waals surface area (Å²) in [6.07, 6.45) is 1.97. The van der Waals surface area contributed by atoms with Crippen LogP contribution in [-0.4, -0.2) is 35.5 Å². The molecule has 0 aliphatic carbocycles. The summed E-state index contributed by atoms with van der Waals surface area (Å²) in [5.41, 5.74) is 1.28. The molecule has 1 N–H and O–H groups in total. The summed E-state index contributed by atoms with van der Waals surface area (Å²) in [4.78, 5) is 13.8. The van der Waals surface area contributed by atoms with Crippen molar-refractivity contribution in [1.29, 1.82) is 0 Å². The fourth-order valence-electron chi connectivity index (χ4n) is 2.43. The molecule has 0 bridgehead atoms. The number of carbonyl (C=O) groups is 1. The first-order valence-corrected chi connectivity index (χ1v) is 6.19. The number of aliphatic hydroxyl groups is 1. The van der Waals surface area contributed by atoms with E-state index in [-0.39, 0.29) is 18.3 Å². The maximum Gasteiger partial charge on any atom is 0.162 e. The molecule has 1 aromatic carbocycles. The van der Waals surface area contributed by atoms with Gasteiger partial charge in [-0.1, -0.05) is 30.3 Å². The Morgan fingerprint density at radius 1 is 1.35 bits per heavy atom. The lowest BCUT2D eigenvalue weighted by Crippen LogP contribution is -2.39. The molecule has 1 saturated heterocycles. The molecule has 0 radical (unpaired) electrons. The Bertz CT molecular complexity index is 364. The van der Waals surface area contributed by atoms with Crippen molar-refractivity contribution in [3.05, 3.63) is 35.9 Å². The average Bonchev–Trinajstić information content (AvgIpc) is 2.39. The van der Waals surface area contributed by atoms with Gasteiger partial charge in [-0.2, -0.15) is 0 Å². The predicted octanol–water partition coefficient (Wildman–Crippen LogP) is 1.46. The molecule has 1 heterocycles. The summed E-state index contributed by atoms with van der Waals surface area (Å²) < 4.78 is 0. The number of piperidine rings is 1. The molecule has 17 heavy (non-hydrogen) atoms. The number of likely N-dealkylation sites (tertiary alicyclic amines) is 1. The van der Waals surface area contributed by atoms with E-state index in [4.69, 9.17) is 5.11 Å². The van der Waals surface area contributed by atoms with Crippen molar-refractivity contribution in [2.75, 3.05) is 19.7 Å². The van der Waals surface area contributed by atoms with Crippen LogP contribution in [-0.2, 0) is 11.3 Å². The molecule has 1 atom stereocenters. The fourth-order valence-corrected chi connectivity index (χ4v) is 2.43.